The molecule has 1 saturated heterocycles. The maximum absolute atomic E-state index is 14.2. The molecule has 30 heavy (non-hydrogen) atoms. The summed E-state index contributed by atoms with van der Waals surface area (Å²) in [6, 6.07) is 5.15. The molecule has 2 fully saturated rings. The molecule has 1 N–H and O–H groups in total. The molecule has 1 aliphatic carbocycles. The predicted molar refractivity (Wildman–Crippen MR) is 105 cm³/mol. The van der Waals surface area contributed by atoms with Crippen LogP contribution in [-0.2, 0) is 0 Å². The minimum absolute atomic E-state index is 0.268. The third kappa shape index (κ3) is 2.64. The largest absolute Gasteiger partial charge is 0.356 e. The summed E-state index contributed by atoms with van der Waals surface area (Å²) < 4.78 is 52.3. The second kappa shape index (κ2) is 6.49. The Morgan fingerprint density at radius 3 is 2.87 bits per heavy atom. The molecule has 3 heterocycles. The maximum atomic E-state index is 14.2. The molecule has 1 aliphatic heterocycles. The molecule has 1 amide bonds. The normalized spacial score (nSPS) is 19.4. The number of hydrogen-bond donors (Lipinski definition) is 1. The van der Waals surface area contributed by atoms with Crippen molar-refractivity contribution in [2.24, 2.45) is 5.41 Å². The average molecular weight is 411 g/mol. The van der Waals surface area contributed by atoms with Gasteiger partial charge in [0.05, 0.1) is 16.5 Å². The summed E-state index contributed by atoms with van der Waals surface area (Å²) in [6.45, 7) is -1.78. The molecule has 5 rings (SSSR count). The molecule has 1 spiro atoms. The summed E-state index contributed by atoms with van der Waals surface area (Å²) in [5.74, 6) is -3.00. The van der Waals surface area contributed by atoms with Gasteiger partial charge in [0.1, 0.15) is 23.9 Å². The van der Waals surface area contributed by atoms with Crippen molar-refractivity contribution in [2.75, 3.05) is 25.0 Å². The first-order chi connectivity index (χ1) is 15.6. The molecule has 0 radical (unpaired) electrons. The highest BCUT2D eigenvalue weighted by atomic mass is 19.2. The van der Waals surface area contributed by atoms with Crippen LogP contribution in [0.2, 0.25) is 0 Å². The highest BCUT2D eigenvalue weighted by Crippen LogP contribution is 2.51. The topological polar surface area (TPSA) is 88.9 Å². The zero-order chi connectivity index (χ0) is 23.5. The number of anilines is 1. The Morgan fingerprint density at radius 2 is 2.13 bits per heavy atom. The molecular weight excluding hydrogens is 390 g/mol. The fourth-order valence-electron chi connectivity index (χ4n) is 4.48. The molecule has 2 aliphatic rings. The van der Waals surface area contributed by atoms with Gasteiger partial charge < -0.3 is 14.8 Å². The van der Waals surface area contributed by atoms with Gasteiger partial charge in [0.15, 0.2) is 11.6 Å². The molecule has 2 aromatic heterocycles. The number of benzene rings is 1. The van der Waals surface area contributed by atoms with Gasteiger partial charge in [-0.1, -0.05) is 0 Å². The summed E-state index contributed by atoms with van der Waals surface area (Å²) in [4.78, 5) is 26.7. The number of nitriles is 1. The number of rotatable bonds is 3. The van der Waals surface area contributed by atoms with E-state index in [1.54, 1.807) is 12.3 Å². The van der Waals surface area contributed by atoms with E-state index in [4.69, 9.17) is 9.37 Å². The molecule has 152 valence electrons. The highest BCUT2D eigenvalue weighted by Gasteiger charge is 2.55. The number of nitrogens with one attached hydrogen (secondary N) is 1. The Balaban J connectivity index is 1.31. The minimum atomic E-state index is -2.42. The number of halogens is 2. The van der Waals surface area contributed by atoms with E-state index in [1.807, 2.05) is 0 Å². The number of carbonyl (C=O) groups is 1. The third-order valence-corrected chi connectivity index (χ3v) is 6.04. The molecule has 7 nitrogen and oxygen atoms in total. The van der Waals surface area contributed by atoms with Crippen LogP contribution in [0.1, 0.15) is 32.9 Å². The molecule has 0 unspecified atom stereocenters. The molecular formula is C21H18F2N6O. The van der Waals surface area contributed by atoms with E-state index in [9.17, 15) is 13.6 Å². The zero-order valence-corrected chi connectivity index (χ0v) is 15.7. The standard InChI is InChI=1S/C21H18F2N6O/c1-28(19-15-4-5-25-18(15)26-11-27-19)13-6-21(7-13)9-29(10-21)20(30)14-3-2-12(8-24)16(22)17(14)23/h2-5,11,13H,6-7,9-10H2,1H3,(H,25,26,27)/i1D3. The summed E-state index contributed by atoms with van der Waals surface area (Å²) >= 11 is 0. The van der Waals surface area contributed by atoms with Gasteiger partial charge in [-0.05, 0) is 31.0 Å². The number of carbonyl (C=O) groups excluding carboxylic acids is 1. The quantitative estimate of drug-likeness (QED) is 0.716. The Hall–Kier alpha value is -3.54. The predicted octanol–water partition coefficient (Wildman–Crippen LogP) is 2.85. The number of hydrogen-bond acceptors (Lipinski definition) is 5. The van der Waals surface area contributed by atoms with Gasteiger partial charge in [0.2, 0.25) is 0 Å². The highest BCUT2D eigenvalue weighted by molar-refractivity contribution is 5.95. The van der Waals surface area contributed by atoms with Gasteiger partial charge in [0, 0.05) is 41.8 Å². The number of H-pyrrole nitrogens is 1. The molecule has 3 aromatic rings. The van der Waals surface area contributed by atoms with Crippen LogP contribution in [-0.4, -0.2) is 51.9 Å². The van der Waals surface area contributed by atoms with Crippen LogP contribution in [0.15, 0.2) is 30.7 Å². The number of likely N-dealkylation sites (tertiary alicyclic amines) is 1. The average Bonchev–Trinajstić information content (AvgIpc) is 3.18. The minimum Gasteiger partial charge on any atom is -0.356 e. The second-order valence-electron chi connectivity index (χ2n) is 7.93. The number of aromatic nitrogens is 3. The van der Waals surface area contributed by atoms with E-state index in [0.29, 0.717) is 42.8 Å². The number of fused-ring (bicyclic) bond motifs is 1. The Morgan fingerprint density at radius 1 is 1.33 bits per heavy atom. The number of amides is 1. The SMILES string of the molecule is [2H]C([2H])([2H])N(c1ncnc2[nH]ccc12)C1CC2(C1)CN(C(=O)c1ccc(C#N)c(F)c1F)C2. The van der Waals surface area contributed by atoms with Crippen LogP contribution in [0, 0.1) is 28.4 Å². The molecule has 1 saturated carbocycles. The van der Waals surface area contributed by atoms with Gasteiger partial charge in [0.25, 0.3) is 5.91 Å². The van der Waals surface area contributed by atoms with Crippen molar-refractivity contribution in [1.29, 1.82) is 5.26 Å². The smallest absolute Gasteiger partial charge is 0.256 e. The zero-order valence-electron chi connectivity index (χ0n) is 18.7. The van der Waals surface area contributed by atoms with Crippen molar-refractivity contribution >= 4 is 22.8 Å². The fourth-order valence-corrected chi connectivity index (χ4v) is 4.48. The number of nitrogens with zero attached hydrogens (tertiary/aromatic N) is 5. The lowest BCUT2D eigenvalue weighted by atomic mass is 9.60. The number of aromatic amines is 1. The monoisotopic (exact) mass is 411 g/mol. The van der Waals surface area contributed by atoms with Crippen LogP contribution in [0.4, 0.5) is 14.6 Å². The summed E-state index contributed by atoms with van der Waals surface area (Å²) in [5.41, 5.74) is -0.607. The van der Waals surface area contributed by atoms with Crippen molar-refractivity contribution in [3.05, 3.63) is 53.5 Å². The van der Waals surface area contributed by atoms with Gasteiger partial charge in [-0.15, -0.1) is 0 Å². The third-order valence-electron chi connectivity index (χ3n) is 6.04. The van der Waals surface area contributed by atoms with Gasteiger partial charge in [-0.3, -0.25) is 4.79 Å². The van der Waals surface area contributed by atoms with Crippen molar-refractivity contribution < 1.29 is 17.7 Å². The van der Waals surface area contributed by atoms with E-state index in [0.717, 1.165) is 12.1 Å². The van der Waals surface area contributed by atoms with Gasteiger partial charge in [-0.25, -0.2) is 18.7 Å². The fraction of sp³-hybridized carbons (Fsp3) is 0.333. The Bertz CT molecular complexity index is 1300. The maximum Gasteiger partial charge on any atom is 0.256 e. The van der Waals surface area contributed by atoms with Crippen molar-refractivity contribution in [3.8, 4) is 6.07 Å². The first kappa shape index (κ1) is 15.3. The van der Waals surface area contributed by atoms with E-state index < -0.39 is 35.6 Å². The van der Waals surface area contributed by atoms with Crippen molar-refractivity contribution in [3.63, 3.8) is 0 Å². The van der Waals surface area contributed by atoms with Crippen LogP contribution >= 0.6 is 0 Å². The van der Waals surface area contributed by atoms with E-state index in [1.165, 1.54) is 22.2 Å². The van der Waals surface area contributed by atoms with Crippen LogP contribution in [0.5, 0.6) is 0 Å². The lowest BCUT2D eigenvalue weighted by Crippen LogP contribution is -2.67. The van der Waals surface area contributed by atoms with Crippen LogP contribution < -0.4 is 4.90 Å². The van der Waals surface area contributed by atoms with E-state index >= 15 is 0 Å². The molecule has 9 heteroatoms. The van der Waals surface area contributed by atoms with Gasteiger partial charge >= 0.3 is 0 Å². The molecule has 1 aromatic carbocycles. The van der Waals surface area contributed by atoms with E-state index in [-0.39, 0.29) is 11.5 Å². The van der Waals surface area contributed by atoms with E-state index in [2.05, 4.69) is 15.0 Å². The summed E-state index contributed by atoms with van der Waals surface area (Å²) in [6.07, 6.45) is 4.03. The van der Waals surface area contributed by atoms with Crippen LogP contribution in [0.25, 0.3) is 11.0 Å². The lowest BCUT2D eigenvalue weighted by Gasteiger charge is -2.60. The Labute approximate surface area is 175 Å². The molecule has 0 atom stereocenters. The van der Waals surface area contributed by atoms with Crippen molar-refractivity contribution in [2.45, 2.75) is 18.9 Å². The first-order valence-corrected chi connectivity index (χ1v) is 9.38. The Kier molecular flexibility index (Phi) is 3.31. The lowest BCUT2D eigenvalue weighted by molar-refractivity contribution is -0.0543. The second-order valence-corrected chi connectivity index (χ2v) is 7.93. The summed E-state index contributed by atoms with van der Waals surface area (Å²) in [5, 5.41) is 9.41. The summed E-state index contributed by atoms with van der Waals surface area (Å²) in [7, 11) is 0. The first-order valence-electron chi connectivity index (χ1n) is 10.9. The van der Waals surface area contributed by atoms with Gasteiger partial charge in [-0.2, -0.15) is 5.26 Å². The van der Waals surface area contributed by atoms with Crippen molar-refractivity contribution in [1.82, 2.24) is 19.9 Å². The molecule has 0 bridgehead atoms. The van der Waals surface area contributed by atoms with Crippen LogP contribution in [0.3, 0.4) is 0 Å².